The fourth-order valence-electron chi connectivity index (χ4n) is 1.87. The van der Waals surface area contributed by atoms with Crippen LogP contribution in [-0.4, -0.2) is 46.6 Å². The number of imidazole rings is 1. The van der Waals surface area contributed by atoms with Gasteiger partial charge in [0.15, 0.2) is 5.03 Å². The maximum atomic E-state index is 12.2. The second-order valence-electron chi connectivity index (χ2n) is 4.37. The van der Waals surface area contributed by atoms with Crippen molar-refractivity contribution in [3.05, 3.63) is 12.0 Å². The molecule has 0 radical (unpaired) electrons. The number of aromatic nitrogens is 2. The molecular weight excluding hydrogens is 242 g/mol. The van der Waals surface area contributed by atoms with E-state index in [2.05, 4.69) is 4.98 Å². The maximum Gasteiger partial charge on any atom is 0.262 e. The van der Waals surface area contributed by atoms with Gasteiger partial charge in [0.25, 0.3) is 10.0 Å². The van der Waals surface area contributed by atoms with Crippen LogP contribution < -0.4 is 0 Å². The zero-order valence-electron chi connectivity index (χ0n) is 10.00. The van der Waals surface area contributed by atoms with Crippen molar-refractivity contribution in [1.29, 1.82) is 0 Å². The summed E-state index contributed by atoms with van der Waals surface area (Å²) in [5, 5.41) is 9.46. The third-order valence-electron chi connectivity index (χ3n) is 3.11. The molecule has 6 nitrogen and oxygen atoms in total. The topological polar surface area (TPSA) is 75.4 Å². The lowest BCUT2D eigenvalue weighted by Gasteiger charge is -2.27. The Kier molecular flexibility index (Phi) is 3.24. The predicted molar refractivity (Wildman–Crippen MR) is 61.9 cm³/mol. The average Bonchev–Trinajstić information content (AvgIpc) is 2.60. The second-order valence-corrected chi connectivity index (χ2v) is 6.26. The number of nitrogens with zero attached hydrogens (tertiary/aromatic N) is 3. The number of aliphatic hydroxyl groups is 1. The van der Waals surface area contributed by atoms with Gasteiger partial charge in [0, 0.05) is 26.3 Å². The van der Waals surface area contributed by atoms with Crippen LogP contribution in [0.4, 0.5) is 0 Å². The summed E-state index contributed by atoms with van der Waals surface area (Å²) in [5.41, 5.74) is 0. The molecule has 0 amide bonds. The van der Waals surface area contributed by atoms with Crippen molar-refractivity contribution in [2.75, 3.05) is 13.1 Å². The fourth-order valence-corrected chi connectivity index (χ4v) is 3.36. The van der Waals surface area contributed by atoms with Crippen molar-refractivity contribution in [3.8, 4) is 0 Å². The van der Waals surface area contributed by atoms with Crippen LogP contribution in [0.5, 0.6) is 0 Å². The molecule has 0 bridgehead atoms. The summed E-state index contributed by atoms with van der Waals surface area (Å²) in [6.07, 6.45) is 2.12. The summed E-state index contributed by atoms with van der Waals surface area (Å²) >= 11 is 0. The quantitative estimate of drug-likeness (QED) is 0.803. The maximum absolute atomic E-state index is 12.2. The van der Waals surface area contributed by atoms with Gasteiger partial charge in [-0.05, 0) is 19.8 Å². The molecule has 2 heterocycles. The van der Waals surface area contributed by atoms with Crippen LogP contribution >= 0.6 is 0 Å². The predicted octanol–water partition coefficient (Wildman–Crippen LogP) is -0.126. The first-order valence-corrected chi connectivity index (χ1v) is 7.03. The van der Waals surface area contributed by atoms with E-state index < -0.39 is 10.0 Å². The highest BCUT2D eigenvalue weighted by Gasteiger charge is 2.30. The van der Waals surface area contributed by atoms with Gasteiger partial charge in [-0.1, -0.05) is 0 Å². The Labute approximate surface area is 101 Å². The van der Waals surface area contributed by atoms with Gasteiger partial charge in [-0.3, -0.25) is 0 Å². The van der Waals surface area contributed by atoms with Crippen molar-refractivity contribution in [1.82, 2.24) is 13.9 Å². The molecule has 0 aromatic carbocycles. The number of hydrogen-bond acceptors (Lipinski definition) is 4. The molecule has 1 fully saturated rings. The van der Waals surface area contributed by atoms with Crippen LogP contribution in [0.15, 0.2) is 11.2 Å². The molecule has 96 valence electrons. The van der Waals surface area contributed by atoms with E-state index in [1.807, 2.05) is 0 Å². The van der Waals surface area contributed by atoms with Crippen LogP contribution in [0.1, 0.15) is 18.7 Å². The normalized spacial score (nSPS) is 19.7. The average molecular weight is 259 g/mol. The summed E-state index contributed by atoms with van der Waals surface area (Å²) in [4.78, 5) is 4.05. The van der Waals surface area contributed by atoms with E-state index in [1.165, 1.54) is 10.5 Å². The lowest BCUT2D eigenvalue weighted by Crippen LogP contribution is -2.40. The van der Waals surface area contributed by atoms with Gasteiger partial charge < -0.3 is 9.67 Å². The first kappa shape index (κ1) is 12.5. The molecule has 1 aliphatic rings. The molecule has 1 aromatic rings. The highest BCUT2D eigenvalue weighted by atomic mass is 32.2. The number of sulfonamides is 1. The van der Waals surface area contributed by atoms with Gasteiger partial charge in [-0.25, -0.2) is 13.4 Å². The Balaban J connectivity index is 2.24. The molecule has 1 aliphatic heterocycles. The molecule has 0 atom stereocenters. The van der Waals surface area contributed by atoms with E-state index in [4.69, 9.17) is 0 Å². The van der Waals surface area contributed by atoms with E-state index in [0.717, 1.165) is 0 Å². The van der Waals surface area contributed by atoms with Gasteiger partial charge in [0.2, 0.25) is 0 Å². The number of piperidine rings is 1. The number of aliphatic hydroxyl groups excluding tert-OH is 1. The van der Waals surface area contributed by atoms with Crippen LogP contribution in [0, 0.1) is 6.92 Å². The molecular formula is C10H17N3O3S. The Morgan fingerprint density at radius 3 is 2.47 bits per heavy atom. The molecule has 0 unspecified atom stereocenters. The third kappa shape index (κ3) is 2.36. The minimum Gasteiger partial charge on any atom is -0.393 e. The summed E-state index contributed by atoms with van der Waals surface area (Å²) in [5.74, 6) is 0.667. The molecule has 7 heteroatoms. The summed E-state index contributed by atoms with van der Waals surface area (Å²) in [6.45, 7) is 2.48. The van der Waals surface area contributed by atoms with E-state index >= 15 is 0 Å². The van der Waals surface area contributed by atoms with Crippen LogP contribution in [-0.2, 0) is 17.1 Å². The minimum atomic E-state index is -3.50. The molecule has 0 aliphatic carbocycles. The fraction of sp³-hybridized carbons (Fsp3) is 0.700. The monoisotopic (exact) mass is 259 g/mol. The van der Waals surface area contributed by atoms with Crippen molar-refractivity contribution in [2.24, 2.45) is 7.05 Å². The molecule has 1 aromatic heterocycles. The molecule has 0 saturated carbocycles. The Hall–Kier alpha value is -0.920. The Morgan fingerprint density at radius 1 is 1.41 bits per heavy atom. The van der Waals surface area contributed by atoms with Crippen LogP contribution in [0.2, 0.25) is 0 Å². The smallest absolute Gasteiger partial charge is 0.262 e. The zero-order valence-corrected chi connectivity index (χ0v) is 10.8. The highest BCUT2D eigenvalue weighted by Crippen LogP contribution is 2.19. The van der Waals surface area contributed by atoms with Crippen LogP contribution in [0.3, 0.4) is 0 Å². The first-order chi connectivity index (χ1) is 7.91. The summed E-state index contributed by atoms with van der Waals surface area (Å²) in [6, 6.07) is 0. The largest absolute Gasteiger partial charge is 0.393 e. The first-order valence-electron chi connectivity index (χ1n) is 5.59. The number of hydrogen-bond donors (Lipinski definition) is 1. The van der Waals surface area contributed by atoms with E-state index in [1.54, 1.807) is 18.5 Å². The standard InChI is InChI=1S/C10H17N3O3S/c1-8-11-10(7-12(8)2)17(15,16)13-5-3-9(14)4-6-13/h7,9,14H,3-6H2,1-2H3. The van der Waals surface area contributed by atoms with Gasteiger partial charge in [-0.15, -0.1) is 0 Å². The van der Waals surface area contributed by atoms with Crippen molar-refractivity contribution < 1.29 is 13.5 Å². The lowest BCUT2D eigenvalue weighted by molar-refractivity contribution is 0.113. The van der Waals surface area contributed by atoms with Crippen molar-refractivity contribution in [2.45, 2.75) is 30.9 Å². The van der Waals surface area contributed by atoms with Gasteiger partial charge >= 0.3 is 0 Å². The molecule has 1 N–H and O–H groups in total. The molecule has 17 heavy (non-hydrogen) atoms. The second kappa shape index (κ2) is 4.40. The van der Waals surface area contributed by atoms with Crippen LogP contribution in [0.25, 0.3) is 0 Å². The molecule has 0 spiro atoms. The van der Waals surface area contributed by atoms with Gasteiger partial charge in [-0.2, -0.15) is 4.31 Å². The Bertz CT molecular complexity index is 481. The summed E-state index contributed by atoms with van der Waals surface area (Å²) < 4.78 is 27.5. The molecule has 2 rings (SSSR count). The number of rotatable bonds is 2. The number of aryl methyl sites for hydroxylation is 2. The third-order valence-corrected chi connectivity index (χ3v) is 4.88. The Morgan fingerprint density at radius 2 is 2.00 bits per heavy atom. The van der Waals surface area contributed by atoms with Crippen molar-refractivity contribution >= 4 is 10.0 Å². The lowest BCUT2D eigenvalue weighted by atomic mass is 10.1. The SMILES string of the molecule is Cc1nc(S(=O)(=O)N2CCC(O)CC2)cn1C. The van der Waals surface area contributed by atoms with Gasteiger partial charge in [0.05, 0.1) is 6.10 Å². The van der Waals surface area contributed by atoms with E-state index in [9.17, 15) is 13.5 Å². The van der Waals surface area contributed by atoms with E-state index in [0.29, 0.717) is 31.8 Å². The van der Waals surface area contributed by atoms with Crippen molar-refractivity contribution in [3.63, 3.8) is 0 Å². The highest BCUT2D eigenvalue weighted by molar-refractivity contribution is 7.89. The van der Waals surface area contributed by atoms with E-state index in [-0.39, 0.29) is 11.1 Å². The molecule has 1 saturated heterocycles. The summed E-state index contributed by atoms with van der Waals surface area (Å²) in [7, 11) is -1.73. The minimum absolute atomic E-state index is 0.0916. The van der Waals surface area contributed by atoms with Gasteiger partial charge in [0.1, 0.15) is 5.82 Å². The zero-order chi connectivity index (χ0) is 12.6.